The number of para-hydroxylation sites is 1. The number of rotatable bonds is 4. The molecule has 1 N–H and O–H groups in total. The lowest BCUT2D eigenvalue weighted by Gasteiger charge is -1.99. The lowest BCUT2D eigenvalue weighted by atomic mass is 10.3. The zero-order valence-corrected chi connectivity index (χ0v) is 15.2. The quantitative estimate of drug-likeness (QED) is 0.377. The van der Waals surface area contributed by atoms with Crippen LogP contribution in [0.2, 0.25) is 0 Å². The van der Waals surface area contributed by atoms with Crippen molar-refractivity contribution in [1.82, 2.24) is 9.97 Å². The summed E-state index contributed by atoms with van der Waals surface area (Å²) in [6.45, 7) is 0. The second-order valence-electron chi connectivity index (χ2n) is 5.14. The minimum absolute atomic E-state index is 0.0822. The van der Waals surface area contributed by atoms with E-state index in [2.05, 4.69) is 15.3 Å². The molecule has 0 aliphatic carbocycles. The molecule has 26 heavy (non-hydrogen) atoms. The SMILES string of the molecule is O=C(CSc1nc2ccccc2s1)Nc1nc2c(F)c(F)c(F)cc2s1. The Morgan fingerprint density at radius 3 is 2.69 bits per heavy atom. The first-order valence-electron chi connectivity index (χ1n) is 7.23. The average molecular weight is 411 g/mol. The van der Waals surface area contributed by atoms with E-state index in [1.54, 1.807) is 0 Å². The molecule has 2 heterocycles. The Morgan fingerprint density at radius 2 is 1.88 bits per heavy atom. The van der Waals surface area contributed by atoms with Gasteiger partial charge in [0.05, 0.1) is 20.7 Å². The maximum absolute atomic E-state index is 13.7. The van der Waals surface area contributed by atoms with Gasteiger partial charge in [-0.05, 0) is 18.2 Å². The van der Waals surface area contributed by atoms with Crippen LogP contribution < -0.4 is 5.32 Å². The van der Waals surface area contributed by atoms with Crippen LogP contribution in [0.4, 0.5) is 18.3 Å². The molecular formula is C16H8F3N3OS3. The third kappa shape index (κ3) is 3.27. The molecule has 0 spiro atoms. The first kappa shape index (κ1) is 17.3. The van der Waals surface area contributed by atoms with Gasteiger partial charge in [0.1, 0.15) is 5.52 Å². The monoisotopic (exact) mass is 411 g/mol. The number of hydrogen-bond donors (Lipinski definition) is 1. The standard InChI is InChI=1S/C16H8F3N3OS3/c17-7-5-10-14(13(19)12(7)18)22-15(25-10)21-11(23)6-24-16-20-8-3-1-2-4-9(8)26-16/h1-5H,6H2,(H,21,22,23). The van der Waals surface area contributed by atoms with Crippen LogP contribution in [0.3, 0.4) is 0 Å². The summed E-state index contributed by atoms with van der Waals surface area (Å²) < 4.78 is 42.1. The van der Waals surface area contributed by atoms with E-state index in [4.69, 9.17) is 0 Å². The predicted molar refractivity (Wildman–Crippen MR) is 98.5 cm³/mol. The summed E-state index contributed by atoms with van der Waals surface area (Å²) in [4.78, 5) is 20.3. The van der Waals surface area contributed by atoms with E-state index in [0.717, 1.165) is 32.0 Å². The van der Waals surface area contributed by atoms with Gasteiger partial charge in [0.25, 0.3) is 0 Å². The zero-order valence-electron chi connectivity index (χ0n) is 12.8. The second kappa shape index (κ2) is 6.86. The summed E-state index contributed by atoms with van der Waals surface area (Å²) in [6, 6.07) is 8.51. The van der Waals surface area contributed by atoms with Crippen molar-refractivity contribution in [3.63, 3.8) is 0 Å². The van der Waals surface area contributed by atoms with Crippen LogP contribution in [0.15, 0.2) is 34.7 Å². The Balaban J connectivity index is 1.46. The van der Waals surface area contributed by atoms with Gasteiger partial charge in [-0.2, -0.15) is 0 Å². The molecule has 4 aromatic rings. The van der Waals surface area contributed by atoms with Gasteiger partial charge in [-0.1, -0.05) is 35.2 Å². The van der Waals surface area contributed by atoms with Crippen LogP contribution in [-0.4, -0.2) is 21.6 Å². The third-order valence-corrected chi connectivity index (χ3v) is 6.47. The van der Waals surface area contributed by atoms with Crippen molar-refractivity contribution in [2.75, 3.05) is 11.1 Å². The molecule has 0 saturated heterocycles. The number of halogens is 3. The third-order valence-electron chi connectivity index (χ3n) is 3.37. The Labute approximate surface area is 157 Å². The van der Waals surface area contributed by atoms with Gasteiger partial charge >= 0.3 is 0 Å². The summed E-state index contributed by atoms with van der Waals surface area (Å²) >= 11 is 3.62. The number of amides is 1. The molecule has 1 amide bonds. The number of benzene rings is 2. The molecule has 0 aliphatic rings. The summed E-state index contributed by atoms with van der Waals surface area (Å²) in [7, 11) is 0. The molecule has 0 bridgehead atoms. The number of carbonyl (C=O) groups is 1. The smallest absolute Gasteiger partial charge is 0.236 e. The number of nitrogens with zero attached hydrogens (tertiary/aromatic N) is 2. The van der Waals surface area contributed by atoms with E-state index in [9.17, 15) is 18.0 Å². The van der Waals surface area contributed by atoms with Gasteiger partial charge < -0.3 is 5.32 Å². The maximum atomic E-state index is 13.7. The fourth-order valence-electron chi connectivity index (χ4n) is 2.22. The molecule has 2 aromatic heterocycles. The van der Waals surface area contributed by atoms with Gasteiger partial charge in [-0.15, -0.1) is 11.3 Å². The fraction of sp³-hybridized carbons (Fsp3) is 0.0625. The van der Waals surface area contributed by atoms with Crippen LogP contribution >= 0.6 is 34.4 Å². The van der Waals surface area contributed by atoms with E-state index in [1.807, 2.05) is 24.3 Å². The molecule has 0 fully saturated rings. The molecule has 0 saturated carbocycles. The molecule has 132 valence electrons. The van der Waals surface area contributed by atoms with Gasteiger partial charge in [0, 0.05) is 0 Å². The minimum atomic E-state index is -1.58. The van der Waals surface area contributed by atoms with Crippen molar-refractivity contribution in [3.8, 4) is 0 Å². The summed E-state index contributed by atoms with van der Waals surface area (Å²) in [5.74, 6) is -4.51. The molecule has 0 aliphatic heterocycles. The number of carbonyl (C=O) groups excluding carboxylic acids is 1. The number of thioether (sulfide) groups is 1. The van der Waals surface area contributed by atoms with Crippen LogP contribution in [0.1, 0.15) is 0 Å². The summed E-state index contributed by atoms with van der Waals surface area (Å²) in [6.07, 6.45) is 0. The number of hydrogen-bond acceptors (Lipinski definition) is 6. The van der Waals surface area contributed by atoms with Gasteiger partial charge in [-0.25, -0.2) is 23.1 Å². The summed E-state index contributed by atoms with van der Waals surface area (Å²) in [5.41, 5.74) is 0.564. The van der Waals surface area contributed by atoms with Crippen molar-refractivity contribution in [2.45, 2.75) is 4.34 Å². The fourth-order valence-corrected chi connectivity index (χ4v) is 5.00. The number of aromatic nitrogens is 2. The topological polar surface area (TPSA) is 54.9 Å². The lowest BCUT2D eigenvalue weighted by molar-refractivity contribution is -0.113. The molecular weight excluding hydrogens is 403 g/mol. The second-order valence-corrected chi connectivity index (χ2v) is 8.42. The first-order valence-corrected chi connectivity index (χ1v) is 9.85. The van der Waals surface area contributed by atoms with E-state index in [0.29, 0.717) is 0 Å². The molecule has 0 unspecified atom stereocenters. The molecule has 4 rings (SSSR count). The summed E-state index contributed by atoms with van der Waals surface area (Å²) in [5, 5.41) is 2.60. The highest BCUT2D eigenvalue weighted by Crippen LogP contribution is 2.32. The van der Waals surface area contributed by atoms with Crippen molar-refractivity contribution < 1.29 is 18.0 Å². The highest BCUT2D eigenvalue weighted by atomic mass is 32.2. The zero-order chi connectivity index (χ0) is 18.3. The van der Waals surface area contributed by atoms with Gasteiger partial charge in [0.2, 0.25) is 5.91 Å². The van der Waals surface area contributed by atoms with Crippen molar-refractivity contribution >= 4 is 65.9 Å². The van der Waals surface area contributed by atoms with E-state index >= 15 is 0 Å². The van der Waals surface area contributed by atoms with Crippen molar-refractivity contribution in [3.05, 3.63) is 47.8 Å². The van der Waals surface area contributed by atoms with Crippen LogP contribution in [0.25, 0.3) is 20.4 Å². The molecule has 2 aromatic carbocycles. The van der Waals surface area contributed by atoms with Gasteiger partial charge in [-0.3, -0.25) is 4.79 Å². The number of anilines is 1. The molecule has 0 atom stereocenters. The van der Waals surface area contributed by atoms with Crippen LogP contribution in [0, 0.1) is 17.5 Å². The van der Waals surface area contributed by atoms with E-state index in [-0.39, 0.29) is 27.0 Å². The number of thiazole rings is 2. The highest BCUT2D eigenvalue weighted by molar-refractivity contribution is 8.01. The van der Waals surface area contributed by atoms with Crippen LogP contribution in [0.5, 0.6) is 0 Å². The van der Waals surface area contributed by atoms with Crippen molar-refractivity contribution in [2.24, 2.45) is 0 Å². The minimum Gasteiger partial charge on any atom is -0.301 e. The number of nitrogens with one attached hydrogen (secondary N) is 1. The molecule has 10 heteroatoms. The van der Waals surface area contributed by atoms with E-state index in [1.165, 1.54) is 23.1 Å². The first-order chi connectivity index (χ1) is 12.5. The van der Waals surface area contributed by atoms with Gasteiger partial charge in [0.15, 0.2) is 26.9 Å². The Bertz CT molecular complexity index is 1110. The largest absolute Gasteiger partial charge is 0.301 e. The van der Waals surface area contributed by atoms with Crippen LogP contribution in [-0.2, 0) is 4.79 Å². The average Bonchev–Trinajstić information content (AvgIpc) is 3.21. The molecule has 4 nitrogen and oxygen atoms in total. The van der Waals surface area contributed by atoms with Crippen molar-refractivity contribution in [1.29, 1.82) is 0 Å². The highest BCUT2D eigenvalue weighted by Gasteiger charge is 2.18. The lowest BCUT2D eigenvalue weighted by Crippen LogP contribution is -2.13. The predicted octanol–water partition coefficient (Wildman–Crippen LogP) is 5.05. The molecule has 0 radical (unpaired) electrons. The number of fused-ring (bicyclic) bond motifs is 2. The normalized spacial score (nSPS) is 11.3. The Morgan fingerprint density at radius 1 is 1.08 bits per heavy atom. The Hall–Kier alpha value is -2.17. The maximum Gasteiger partial charge on any atom is 0.236 e. The Kier molecular flexibility index (Phi) is 4.55. The van der Waals surface area contributed by atoms with E-state index < -0.39 is 17.5 Å².